The van der Waals surface area contributed by atoms with Gasteiger partial charge in [-0.1, -0.05) is 6.92 Å². The van der Waals surface area contributed by atoms with Crippen molar-refractivity contribution < 1.29 is 8.42 Å². The van der Waals surface area contributed by atoms with E-state index in [1.807, 2.05) is 19.2 Å². The molecule has 0 aliphatic rings. The maximum absolute atomic E-state index is 12.3. The standard InChI is InChI=1S/C13H19N3O2S3/c1-3-14-9-11-8-12(10(2)20-11)21(17,18)16-5-4-13-15-6-7-19-13/h6-8,14,16H,3-5,9H2,1-2H3. The number of thiophene rings is 1. The fourth-order valence-electron chi connectivity index (χ4n) is 1.87. The first kappa shape index (κ1) is 16.6. The van der Waals surface area contributed by atoms with E-state index in [-0.39, 0.29) is 0 Å². The maximum Gasteiger partial charge on any atom is 0.241 e. The van der Waals surface area contributed by atoms with Gasteiger partial charge in [-0.25, -0.2) is 18.1 Å². The molecule has 0 aromatic carbocycles. The summed E-state index contributed by atoms with van der Waals surface area (Å²) in [4.78, 5) is 6.39. The molecule has 0 aliphatic carbocycles. The molecule has 5 nitrogen and oxygen atoms in total. The van der Waals surface area contributed by atoms with Crippen molar-refractivity contribution >= 4 is 32.7 Å². The number of aryl methyl sites for hydroxylation is 1. The van der Waals surface area contributed by atoms with Gasteiger partial charge in [0.2, 0.25) is 10.0 Å². The van der Waals surface area contributed by atoms with Crippen LogP contribution in [-0.2, 0) is 23.0 Å². The Morgan fingerprint density at radius 2 is 2.19 bits per heavy atom. The van der Waals surface area contributed by atoms with E-state index in [0.717, 1.165) is 21.3 Å². The number of sulfonamides is 1. The van der Waals surface area contributed by atoms with Crippen LogP contribution in [0.4, 0.5) is 0 Å². The van der Waals surface area contributed by atoms with Crippen LogP contribution in [0.3, 0.4) is 0 Å². The summed E-state index contributed by atoms with van der Waals surface area (Å²) in [5.74, 6) is 0. The highest BCUT2D eigenvalue weighted by atomic mass is 32.2. The van der Waals surface area contributed by atoms with Crippen LogP contribution in [0.25, 0.3) is 0 Å². The Labute approximate surface area is 133 Å². The molecular formula is C13H19N3O2S3. The third-order valence-corrected chi connectivity index (χ3v) is 6.48. The fraction of sp³-hybridized carbons (Fsp3) is 0.462. The van der Waals surface area contributed by atoms with Crippen LogP contribution in [0.5, 0.6) is 0 Å². The van der Waals surface area contributed by atoms with Gasteiger partial charge in [0, 0.05) is 40.8 Å². The molecule has 2 N–H and O–H groups in total. The molecule has 2 aromatic heterocycles. The second-order valence-electron chi connectivity index (χ2n) is 4.49. The Kier molecular flexibility index (Phi) is 5.88. The number of hydrogen-bond acceptors (Lipinski definition) is 6. The predicted octanol–water partition coefficient (Wildman–Crippen LogP) is 2.14. The van der Waals surface area contributed by atoms with Gasteiger partial charge in [-0.15, -0.1) is 22.7 Å². The van der Waals surface area contributed by atoms with E-state index < -0.39 is 10.0 Å². The summed E-state index contributed by atoms with van der Waals surface area (Å²) in [6.45, 7) is 5.81. The van der Waals surface area contributed by atoms with Crippen molar-refractivity contribution in [2.24, 2.45) is 0 Å². The molecule has 0 saturated heterocycles. The number of aromatic nitrogens is 1. The maximum atomic E-state index is 12.3. The summed E-state index contributed by atoms with van der Waals surface area (Å²) in [6, 6.07) is 1.76. The Bertz CT molecular complexity index is 663. The van der Waals surface area contributed by atoms with Crippen molar-refractivity contribution in [1.82, 2.24) is 15.0 Å². The third-order valence-electron chi connectivity index (χ3n) is 2.88. The molecule has 2 aromatic rings. The van der Waals surface area contributed by atoms with E-state index in [4.69, 9.17) is 0 Å². The molecule has 2 rings (SSSR count). The monoisotopic (exact) mass is 345 g/mol. The molecule has 2 heterocycles. The van der Waals surface area contributed by atoms with Gasteiger partial charge in [-0.2, -0.15) is 0 Å². The van der Waals surface area contributed by atoms with Crippen LogP contribution in [0.1, 0.15) is 21.7 Å². The molecule has 0 atom stereocenters. The largest absolute Gasteiger partial charge is 0.312 e. The predicted molar refractivity (Wildman–Crippen MR) is 87.4 cm³/mol. The van der Waals surface area contributed by atoms with Gasteiger partial charge in [0.25, 0.3) is 0 Å². The summed E-state index contributed by atoms with van der Waals surface area (Å²) in [7, 11) is -3.44. The minimum atomic E-state index is -3.44. The lowest BCUT2D eigenvalue weighted by Crippen LogP contribution is -2.26. The smallest absolute Gasteiger partial charge is 0.241 e. The van der Waals surface area contributed by atoms with E-state index in [2.05, 4.69) is 15.0 Å². The Morgan fingerprint density at radius 1 is 1.38 bits per heavy atom. The minimum Gasteiger partial charge on any atom is -0.312 e. The van der Waals surface area contributed by atoms with Crippen molar-refractivity contribution in [3.8, 4) is 0 Å². The first-order chi connectivity index (χ1) is 10.0. The summed E-state index contributed by atoms with van der Waals surface area (Å²) in [5.41, 5.74) is 0. The fourth-order valence-corrected chi connectivity index (χ4v) is 5.13. The molecule has 0 radical (unpaired) electrons. The van der Waals surface area contributed by atoms with E-state index in [0.29, 0.717) is 24.4 Å². The van der Waals surface area contributed by atoms with E-state index in [1.54, 1.807) is 12.3 Å². The van der Waals surface area contributed by atoms with Gasteiger partial charge in [0.1, 0.15) is 0 Å². The highest BCUT2D eigenvalue weighted by Crippen LogP contribution is 2.25. The first-order valence-corrected chi connectivity index (χ1v) is 9.89. The highest BCUT2D eigenvalue weighted by molar-refractivity contribution is 7.89. The van der Waals surface area contributed by atoms with Gasteiger partial charge < -0.3 is 5.32 Å². The lowest BCUT2D eigenvalue weighted by atomic mass is 10.4. The zero-order chi connectivity index (χ0) is 15.3. The third kappa shape index (κ3) is 4.58. The van der Waals surface area contributed by atoms with Crippen LogP contribution in [0, 0.1) is 6.92 Å². The summed E-state index contributed by atoms with van der Waals surface area (Å²) >= 11 is 3.05. The SMILES string of the molecule is CCNCc1cc(S(=O)(=O)NCCc2nccs2)c(C)s1. The van der Waals surface area contributed by atoms with Crippen LogP contribution >= 0.6 is 22.7 Å². The van der Waals surface area contributed by atoms with Crippen LogP contribution in [0.2, 0.25) is 0 Å². The van der Waals surface area contributed by atoms with Gasteiger partial charge in [0.15, 0.2) is 0 Å². The molecule has 0 fully saturated rings. The number of nitrogens with one attached hydrogen (secondary N) is 2. The lowest BCUT2D eigenvalue weighted by molar-refractivity contribution is 0.581. The van der Waals surface area contributed by atoms with Crippen LogP contribution < -0.4 is 10.0 Å². The molecule has 0 bridgehead atoms. The van der Waals surface area contributed by atoms with Crippen LogP contribution in [-0.4, -0.2) is 26.5 Å². The highest BCUT2D eigenvalue weighted by Gasteiger charge is 2.19. The Morgan fingerprint density at radius 3 is 2.86 bits per heavy atom. The lowest BCUT2D eigenvalue weighted by Gasteiger charge is -2.04. The summed E-state index contributed by atoms with van der Waals surface area (Å²) in [5, 5.41) is 6.03. The first-order valence-electron chi connectivity index (χ1n) is 6.71. The van der Waals surface area contributed by atoms with E-state index in [1.165, 1.54) is 22.7 Å². The normalized spacial score (nSPS) is 11.9. The quantitative estimate of drug-likeness (QED) is 0.769. The van der Waals surface area contributed by atoms with E-state index >= 15 is 0 Å². The Hall–Kier alpha value is -0.800. The zero-order valence-electron chi connectivity index (χ0n) is 12.0. The minimum absolute atomic E-state index is 0.369. The van der Waals surface area contributed by atoms with Crippen molar-refractivity contribution in [2.45, 2.75) is 31.7 Å². The Balaban J connectivity index is 1.99. The molecule has 116 valence electrons. The second kappa shape index (κ2) is 7.46. The number of rotatable bonds is 8. The average Bonchev–Trinajstić information content (AvgIpc) is 3.06. The molecule has 0 saturated carbocycles. The molecule has 0 aliphatic heterocycles. The topological polar surface area (TPSA) is 71.1 Å². The number of nitrogens with zero attached hydrogens (tertiary/aromatic N) is 1. The molecule has 0 unspecified atom stereocenters. The summed E-state index contributed by atoms with van der Waals surface area (Å²) < 4.78 is 27.3. The molecule has 21 heavy (non-hydrogen) atoms. The van der Waals surface area contributed by atoms with Crippen molar-refractivity contribution in [1.29, 1.82) is 0 Å². The van der Waals surface area contributed by atoms with Crippen molar-refractivity contribution in [2.75, 3.05) is 13.1 Å². The molecule has 0 amide bonds. The molecule has 8 heteroatoms. The van der Waals surface area contributed by atoms with Crippen molar-refractivity contribution in [3.05, 3.63) is 32.4 Å². The van der Waals surface area contributed by atoms with Gasteiger partial charge in [0.05, 0.1) is 9.90 Å². The number of thiazole rings is 1. The number of hydrogen-bond donors (Lipinski definition) is 2. The van der Waals surface area contributed by atoms with Gasteiger partial charge >= 0.3 is 0 Å². The van der Waals surface area contributed by atoms with Gasteiger partial charge in [-0.05, 0) is 19.5 Å². The zero-order valence-corrected chi connectivity index (χ0v) is 14.5. The second-order valence-corrected chi connectivity index (χ2v) is 8.54. The average molecular weight is 346 g/mol. The van der Waals surface area contributed by atoms with E-state index in [9.17, 15) is 8.42 Å². The van der Waals surface area contributed by atoms with Crippen molar-refractivity contribution in [3.63, 3.8) is 0 Å². The molecular weight excluding hydrogens is 326 g/mol. The van der Waals surface area contributed by atoms with Gasteiger partial charge in [-0.3, -0.25) is 0 Å². The van der Waals surface area contributed by atoms with Crippen LogP contribution in [0.15, 0.2) is 22.5 Å². The molecule has 0 spiro atoms. The summed E-state index contributed by atoms with van der Waals surface area (Å²) in [6.07, 6.45) is 2.34.